The maximum atomic E-state index is 12.4. The van der Waals surface area contributed by atoms with Crippen molar-refractivity contribution in [1.82, 2.24) is 10.6 Å². The van der Waals surface area contributed by atoms with E-state index in [1.165, 1.54) is 14.2 Å². The summed E-state index contributed by atoms with van der Waals surface area (Å²) in [5, 5.41) is 5.12. The highest BCUT2D eigenvalue weighted by Gasteiger charge is 2.32. The van der Waals surface area contributed by atoms with Crippen molar-refractivity contribution < 1.29 is 28.5 Å². The predicted octanol–water partition coefficient (Wildman–Crippen LogP) is 1.44. The molecule has 1 aromatic rings. The number of esters is 1. The summed E-state index contributed by atoms with van der Waals surface area (Å²) in [6.45, 7) is 0.357. The SMILES string of the molecule is COCCOC(=O)C1=C(OC)NC(=O)NC1/C=C/c1ccccc1OC. The minimum Gasteiger partial charge on any atom is -0.496 e. The normalized spacial score (nSPS) is 16.9. The van der Waals surface area contributed by atoms with Gasteiger partial charge in [0.15, 0.2) is 0 Å². The number of carbonyl (C=O) groups excluding carboxylic acids is 2. The molecule has 1 unspecified atom stereocenters. The van der Waals surface area contributed by atoms with Gasteiger partial charge in [-0.25, -0.2) is 9.59 Å². The van der Waals surface area contributed by atoms with Crippen molar-refractivity contribution in [2.24, 2.45) is 0 Å². The van der Waals surface area contributed by atoms with E-state index in [0.29, 0.717) is 5.75 Å². The Morgan fingerprint density at radius 1 is 1.15 bits per heavy atom. The van der Waals surface area contributed by atoms with Gasteiger partial charge in [0.05, 0.1) is 26.9 Å². The molecule has 0 saturated carbocycles. The quantitative estimate of drug-likeness (QED) is 0.537. The molecule has 8 heteroatoms. The van der Waals surface area contributed by atoms with Crippen LogP contribution in [0.4, 0.5) is 4.79 Å². The first kappa shape index (κ1) is 19.3. The third-order valence-electron chi connectivity index (χ3n) is 3.62. The fraction of sp³-hybridized carbons (Fsp3) is 0.333. The fourth-order valence-corrected chi connectivity index (χ4v) is 2.39. The molecule has 140 valence electrons. The number of carbonyl (C=O) groups is 2. The zero-order valence-electron chi connectivity index (χ0n) is 14.9. The van der Waals surface area contributed by atoms with Gasteiger partial charge < -0.3 is 24.3 Å². The first-order valence-corrected chi connectivity index (χ1v) is 7.93. The lowest BCUT2D eigenvalue weighted by atomic mass is 10.0. The Morgan fingerprint density at radius 3 is 2.62 bits per heavy atom. The summed E-state index contributed by atoms with van der Waals surface area (Å²) in [6.07, 6.45) is 3.42. The van der Waals surface area contributed by atoms with Crippen molar-refractivity contribution in [3.8, 4) is 5.75 Å². The van der Waals surface area contributed by atoms with E-state index in [2.05, 4.69) is 10.6 Å². The van der Waals surface area contributed by atoms with E-state index in [9.17, 15) is 9.59 Å². The van der Waals surface area contributed by atoms with Crippen LogP contribution in [-0.4, -0.2) is 52.6 Å². The maximum absolute atomic E-state index is 12.4. The number of urea groups is 1. The number of para-hydroxylation sites is 1. The fourth-order valence-electron chi connectivity index (χ4n) is 2.39. The molecule has 2 N–H and O–H groups in total. The van der Waals surface area contributed by atoms with Crippen molar-refractivity contribution in [3.05, 3.63) is 47.4 Å². The number of benzene rings is 1. The largest absolute Gasteiger partial charge is 0.496 e. The maximum Gasteiger partial charge on any atom is 0.341 e. The number of amides is 2. The van der Waals surface area contributed by atoms with E-state index in [1.54, 1.807) is 19.3 Å². The Hall–Kier alpha value is -3.00. The first-order valence-electron chi connectivity index (χ1n) is 7.93. The molecule has 8 nitrogen and oxygen atoms in total. The predicted molar refractivity (Wildman–Crippen MR) is 94.4 cm³/mol. The molecule has 1 aromatic carbocycles. The molecular formula is C18H22N2O6. The van der Waals surface area contributed by atoms with Crippen molar-refractivity contribution in [2.45, 2.75) is 6.04 Å². The third-order valence-corrected chi connectivity index (χ3v) is 3.62. The van der Waals surface area contributed by atoms with Crippen LogP contribution in [0, 0.1) is 0 Å². The van der Waals surface area contributed by atoms with Gasteiger partial charge in [-0.15, -0.1) is 0 Å². The van der Waals surface area contributed by atoms with Gasteiger partial charge in [-0.1, -0.05) is 30.4 Å². The van der Waals surface area contributed by atoms with Crippen molar-refractivity contribution >= 4 is 18.1 Å². The van der Waals surface area contributed by atoms with Crippen LogP contribution >= 0.6 is 0 Å². The van der Waals surface area contributed by atoms with Gasteiger partial charge in [-0.2, -0.15) is 0 Å². The number of rotatable bonds is 8. The zero-order valence-corrected chi connectivity index (χ0v) is 14.9. The Balaban J connectivity index is 2.29. The first-order chi connectivity index (χ1) is 12.6. The van der Waals surface area contributed by atoms with Crippen molar-refractivity contribution in [2.75, 3.05) is 34.5 Å². The molecule has 2 amide bonds. The second-order valence-corrected chi connectivity index (χ2v) is 5.25. The highest BCUT2D eigenvalue weighted by Crippen LogP contribution is 2.21. The molecule has 26 heavy (non-hydrogen) atoms. The topological polar surface area (TPSA) is 95.1 Å². The van der Waals surface area contributed by atoms with Gasteiger partial charge in [0.2, 0.25) is 5.88 Å². The average Bonchev–Trinajstić information content (AvgIpc) is 2.65. The summed E-state index contributed by atoms with van der Waals surface area (Å²) in [4.78, 5) is 24.3. The lowest BCUT2D eigenvalue weighted by molar-refractivity contribution is -0.140. The van der Waals surface area contributed by atoms with E-state index < -0.39 is 18.0 Å². The van der Waals surface area contributed by atoms with Gasteiger partial charge in [0.25, 0.3) is 0 Å². The molecule has 1 atom stereocenters. The molecule has 0 aromatic heterocycles. The molecule has 0 saturated heterocycles. The summed E-state index contributed by atoms with van der Waals surface area (Å²) in [7, 11) is 4.44. The van der Waals surface area contributed by atoms with Gasteiger partial charge in [-0.3, -0.25) is 5.32 Å². The molecule has 0 spiro atoms. The summed E-state index contributed by atoms with van der Waals surface area (Å²) in [5.74, 6) is 0.107. The van der Waals surface area contributed by atoms with E-state index >= 15 is 0 Å². The average molecular weight is 362 g/mol. The molecule has 1 aliphatic heterocycles. The van der Waals surface area contributed by atoms with Crippen LogP contribution in [0.15, 0.2) is 41.8 Å². The molecule has 1 heterocycles. The lowest BCUT2D eigenvalue weighted by Crippen LogP contribution is -2.50. The van der Waals surface area contributed by atoms with Crippen LogP contribution in [0.3, 0.4) is 0 Å². The van der Waals surface area contributed by atoms with Crippen molar-refractivity contribution in [1.29, 1.82) is 0 Å². The second kappa shape index (κ2) is 9.47. The van der Waals surface area contributed by atoms with Gasteiger partial charge in [-0.05, 0) is 6.07 Å². The molecular weight excluding hydrogens is 340 g/mol. The number of hydrogen-bond donors (Lipinski definition) is 2. The summed E-state index contributed by atoms with van der Waals surface area (Å²) in [6, 6.07) is 6.18. The van der Waals surface area contributed by atoms with Crippen LogP contribution in [-0.2, 0) is 19.0 Å². The highest BCUT2D eigenvalue weighted by atomic mass is 16.6. The number of methoxy groups -OCH3 is 3. The third kappa shape index (κ3) is 4.76. The standard InChI is InChI=1S/C18H22N2O6/c1-23-10-11-26-17(21)15-13(19-18(22)20-16(15)25-3)9-8-12-6-4-5-7-14(12)24-2/h4-9,13H,10-11H2,1-3H3,(H2,19,20,22)/b9-8+. The summed E-state index contributed by atoms with van der Waals surface area (Å²) < 4.78 is 20.5. The lowest BCUT2D eigenvalue weighted by Gasteiger charge is -2.26. The van der Waals surface area contributed by atoms with E-state index in [0.717, 1.165) is 5.56 Å². The number of nitrogens with one attached hydrogen (secondary N) is 2. The van der Waals surface area contributed by atoms with Gasteiger partial charge >= 0.3 is 12.0 Å². The number of hydrogen-bond acceptors (Lipinski definition) is 6. The molecule has 1 aliphatic rings. The van der Waals surface area contributed by atoms with E-state index in [-0.39, 0.29) is 24.7 Å². The summed E-state index contributed by atoms with van der Waals surface area (Å²) in [5.41, 5.74) is 0.961. The van der Waals surface area contributed by atoms with Crippen LogP contribution in [0.1, 0.15) is 5.56 Å². The highest BCUT2D eigenvalue weighted by molar-refractivity contribution is 5.95. The Kier molecular flexibility index (Phi) is 7.04. The molecule has 0 fully saturated rings. The Morgan fingerprint density at radius 2 is 1.92 bits per heavy atom. The Bertz CT molecular complexity index is 713. The van der Waals surface area contributed by atoms with E-state index in [1.807, 2.05) is 24.3 Å². The number of ether oxygens (including phenoxy) is 4. The minimum absolute atomic E-state index is 0.0471. The van der Waals surface area contributed by atoms with Crippen LogP contribution in [0.25, 0.3) is 6.08 Å². The summed E-state index contributed by atoms with van der Waals surface area (Å²) >= 11 is 0. The van der Waals surface area contributed by atoms with Gasteiger partial charge in [0, 0.05) is 12.7 Å². The smallest absolute Gasteiger partial charge is 0.341 e. The molecule has 0 bridgehead atoms. The molecule has 0 aliphatic carbocycles. The van der Waals surface area contributed by atoms with Crippen LogP contribution < -0.4 is 15.4 Å². The molecule has 0 radical (unpaired) electrons. The zero-order chi connectivity index (χ0) is 18.9. The Labute approximate surface area is 151 Å². The monoisotopic (exact) mass is 362 g/mol. The second-order valence-electron chi connectivity index (χ2n) is 5.25. The minimum atomic E-state index is -0.723. The van der Waals surface area contributed by atoms with E-state index in [4.69, 9.17) is 18.9 Å². The van der Waals surface area contributed by atoms with Crippen LogP contribution in [0.2, 0.25) is 0 Å². The molecule has 2 rings (SSSR count). The van der Waals surface area contributed by atoms with Crippen molar-refractivity contribution in [3.63, 3.8) is 0 Å². The van der Waals surface area contributed by atoms with Gasteiger partial charge in [0.1, 0.15) is 17.9 Å². The van der Waals surface area contributed by atoms with Crippen LogP contribution in [0.5, 0.6) is 5.75 Å².